The molecule has 1 aromatic carbocycles. The van der Waals surface area contributed by atoms with Gasteiger partial charge in [-0.1, -0.05) is 39.8 Å². The highest BCUT2D eigenvalue weighted by Crippen LogP contribution is 2.52. The molecule has 3 fully saturated rings. The average Bonchev–Trinajstić information content (AvgIpc) is 3.70. The van der Waals surface area contributed by atoms with E-state index in [-0.39, 0.29) is 22.6 Å². The lowest BCUT2D eigenvalue weighted by atomic mass is 9.72. The van der Waals surface area contributed by atoms with Gasteiger partial charge in [-0.15, -0.1) is 0 Å². The molecule has 3 aliphatic heterocycles. The van der Waals surface area contributed by atoms with Crippen LogP contribution < -0.4 is 4.74 Å². The maximum atomic E-state index is 6.81. The molecule has 0 amide bonds. The van der Waals surface area contributed by atoms with Gasteiger partial charge in [-0.2, -0.15) is 5.06 Å². The van der Waals surface area contributed by atoms with E-state index in [1.165, 1.54) is 0 Å². The summed E-state index contributed by atoms with van der Waals surface area (Å²) in [5, 5.41) is 2.28. The summed E-state index contributed by atoms with van der Waals surface area (Å²) in [5.74, 6) is 1.13. The molecule has 0 radical (unpaired) electrons. The number of rotatable bonds is 9. The molecule has 3 heterocycles. The third kappa shape index (κ3) is 5.41. The van der Waals surface area contributed by atoms with E-state index >= 15 is 0 Å². The van der Waals surface area contributed by atoms with Gasteiger partial charge < -0.3 is 18.9 Å². The van der Waals surface area contributed by atoms with Crippen molar-refractivity contribution in [1.29, 1.82) is 0 Å². The highest BCUT2D eigenvalue weighted by molar-refractivity contribution is 5.29. The second-order valence-electron chi connectivity index (χ2n) is 11.4. The molecule has 1 atom stereocenters. The molecule has 4 rings (SSSR count). The van der Waals surface area contributed by atoms with E-state index in [4.69, 9.17) is 23.8 Å². The lowest BCUT2D eigenvalue weighted by Gasteiger charge is -2.61. The Labute approximate surface area is 211 Å². The summed E-state index contributed by atoms with van der Waals surface area (Å²) in [4.78, 5) is 6.81. The zero-order valence-electron chi connectivity index (χ0n) is 22.8. The van der Waals surface area contributed by atoms with Crippen LogP contribution in [-0.2, 0) is 19.0 Å². The van der Waals surface area contributed by atoms with Gasteiger partial charge in [0, 0.05) is 23.8 Å². The fourth-order valence-electron chi connectivity index (χ4n) is 5.85. The predicted molar refractivity (Wildman–Crippen MR) is 137 cm³/mol. The van der Waals surface area contributed by atoms with Crippen LogP contribution >= 0.6 is 0 Å². The second-order valence-corrected chi connectivity index (χ2v) is 11.4. The summed E-state index contributed by atoms with van der Waals surface area (Å²) in [7, 11) is 0. The van der Waals surface area contributed by atoms with Gasteiger partial charge in [-0.3, -0.25) is 4.84 Å². The zero-order chi connectivity index (χ0) is 25.3. The van der Waals surface area contributed by atoms with Gasteiger partial charge in [0.15, 0.2) is 11.5 Å². The maximum absolute atomic E-state index is 6.81. The van der Waals surface area contributed by atoms with E-state index in [0.717, 1.165) is 68.8 Å². The van der Waals surface area contributed by atoms with E-state index in [1.54, 1.807) is 6.26 Å². The van der Waals surface area contributed by atoms with Gasteiger partial charge in [-0.05, 0) is 64.2 Å². The number of ether oxygens (including phenoxy) is 4. The summed E-state index contributed by atoms with van der Waals surface area (Å²) in [5.41, 5.74) is 0.826. The van der Waals surface area contributed by atoms with E-state index in [0.29, 0.717) is 6.61 Å². The SMILES string of the molecule is CCC1(CC)COC2(CC(C)(C)N(OC(C)c3ccc(O/C=C4\CO4)cc3)C(CC)(CC)C2)OC1. The number of hydroxylamine groups is 2. The van der Waals surface area contributed by atoms with E-state index in [9.17, 15) is 0 Å². The van der Waals surface area contributed by atoms with Crippen molar-refractivity contribution in [2.45, 2.75) is 110 Å². The van der Waals surface area contributed by atoms with E-state index in [2.05, 4.69) is 65.7 Å². The van der Waals surface area contributed by atoms with Crippen LogP contribution in [0.1, 0.15) is 98.7 Å². The lowest BCUT2D eigenvalue weighted by Crippen LogP contribution is -2.69. The highest BCUT2D eigenvalue weighted by Gasteiger charge is 2.59. The first-order valence-corrected chi connectivity index (χ1v) is 13.5. The molecule has 6 nitrogen and oxygen atoms in total. The van der Waals surface area contributed by atoms with Gasteiger partial charge >= 0.3 is 0 Å². The van der Waals surface area contributed by atoms with Gasteiger partial charge in [0.1, 0.15) is 24.7 Å². The highest BCUT2D eigenvalue weighted by atomic mass is 16.7. The third-order valence-electron chi connectivity index (χ3n) is 8.63. The summed E-state index contributed by atoms with van der Waals surface area (Å²) in [6, 6.07) is 8.12. The van der Waals surface area contributed by atoms with Crippen LogP contribution in [0, 0.1) is 5.41 Å². The predicted octanol–water partition coefficient (Wildman–Crippen LogP) is 6.91. The van der Waals surface area contributed by atoms with Crippen molar-refractivity contribution in [1.82, 2.24) is 5.06 Å². The maximum Gasteiger partial charge on any atom is 0.172 e. The summed E-state index contributed by atoms with van der Waals surface area (Å²) < 4.78 is 24.1. The number of nitrogens with zero attached hydrogens (tertiary/aromatic N) is 1. The number of benzene rings is 1. The molecule has 35 heavy (non-hydrogen) atoms. The van der Waals surface area contributed by atoms with Crippen molar-refractivity contribution in [2.75, 3.05) is 19.8 Å². The standard InChI is InChI=1S/C29H45NO5/c1-8-27(9-2)20-33-29(34-21-27)18-26(6,7)30(28(10-3,11-4)19-29)35-22(5)23-12-14-24(15-13-23)31-16-25-17-32-25/h12-16,22H,8-11,17-21H2,1-7H3/b25-16+. The molecule has 0 aliphatic carbocycles. The van der Waals surface area contributed by atoms with Crippen molar-refractivity contribution in [3.8, 4) is 5.75 Å². The summed E-state index contributed by atoms with van der Waals surface area (Å²) in [6.45, 7) is 17.9. The van der Waals surface area contributed by atoms with Crippen molar-refractivity contribution in [3.63, 3.8) is 0 Å². The van der Waals surface area contributed by atoms with Gasteiger partial charge in [0.25, 0.3) is 0 Å². The molecule has 6 heteroatoms. The first-order valence-electron chi connectivity index (χ1n) is 13.5. The van der Waals surface area contributed by atoms with Gasteiger partial charge in [-0.25, -0.2) is 0 Å². The molecule has 1 spiro atoms. The molecular weight excluding hydrogens is 442 g/mol. The van der Waals surface area contributed by atoms with Gasteiger partial charge in [0.05, 0.1) is 18.8 Å². The Balaban J connectivity index is 1.50. The van der Waals surface area contributed by atoms with E-state index in [1.807, 2.05) is 12.1 Å². The minimum Gasteiger partial charge on any atom is -0.483 e. The van der Waals surface area contributed by atoms with Crippen LogP contribution in [0.2, 0.25) is 0 Å². The molecule has 1 aromatic rings. The second kappa shape index (κ2) is 10.0. The quantitative estimate of drug-likeness (QED) is 0.279. The smallest absolute Gasteiger partial charge is 0.172 e. The number of piperidine rings is 1. The van der Waals surface area contributed by atoms with Crippen molar-refractivity contribution in [3.05, 3.63) is 41.9 Å². The molecule has 3 aliphatic rings. The topological polar surface area (TPSA) is 52.7 Å². The fourth-order valence-corrected chi connectivity index (χ4v) is 5.85. The minimum atomic E-state index is -0.550. The molecule has 0 bridgehead atoms. The molecule has 0 saturated carbocycles. The van der Waals surface area contributed by atoms with Gasteiger partial charge in [0.2, 0.25) is 0 Å². The molecule has 196 valence electrons. The van der Waals surface area contributed by atoms with Crippen LogP contribution in [0.25, 0.3) is 0 Å². The monoisotopic (exact) mass is 487 g/mol. The molecule has 0 N–H and O–H groups in total. The zero-order valence-corrected chi connectivity index (χ0v) is 22.8. The number of epoxide rings is 1. The average molecular weight is 488 g/mol. The first-order chi connectivity index (χ1) is 16.6. The summed E-state index contributed by atoms with van der Waals surface area (Å²) in [6.07, 6.45) is 7.25. The number of hydrogen-bond donors (Lipinski definition) is 0. The van der Waals surface area contributed by atoms with Crippen molar-refractivity contribution < 1.29 is 23.8 Å². The Morgan fingerprint density at radius 2 is 1.54 bits per heavy atom. The van der Waals surface area contributed by atoms with Crippen LogP contribution in [0.4, 0.5) is 0 Å². The Morgan fingerprint density at radius 1 is 0.943 bits per heavy atom. The van der Waals surface area contributed by atoms with Crippen molar-refractivity contribution >= 4 is 0 Å². The molecular formula is C29H45NO5. The van der Waals surface area contributed by atoms with Crippen LogP contribution in [0.3, 0.4) is 0 Å². The number of hydrogen-bond acceptors (Lipinski definition) is 6. The van der Waals surface area contributed by atoms with Crippen LogP contribution in [0.15, 0.2) is 36.3 Å². The Morgan fingerprint density at radius 3 is 2.06 bits per heavy atom. The summed E-state index contributed by atoms with van der Waals surface area (Å²) >= 11 is 0. The Hall–Kier alpha value is -1.60. The Kier molecular flexibility index (Phi) is 7.59. The lowest BCUT2D eigenvalue weighted by molar-refractivity contribution is -0.395. The normalized spacial score (nSPS) is 26.3. The van der Waals surface area contributed by atoms with Crippen LogP contribution in [-0.4, -0.2) is 41.7 Å². The third-order valence-corrected chi connectivity index (χ3v) is 8.63. The fraction of sp³-hybridized carbons (Fsp3) is 0.724. The molecule has 3 saturated heterocycles. The molecule has 1 unspecified atom stereocenters. The minimum absolute atomic E-state index is 0.0963. The van der Waals surface area contributed by atoms with Crippen LogP contribution in [0.5, 0.6) is 5.75 Å². The molecule has 0 aromatic heterocycles. The van der Waals surface area contributed by atoms with E-state index < -0.39 is 5.79 Å². The Bertz CT molecular complexity index is 869. The first kappa shape index (κ1) is 26.5. The largest absolute Gasteiger partial charge is 0.483 e. The van der Waals surface area contributed by atoms with Crippen molar-refractivity contribution in [2.24, 2.45) is 5.41 Å².